The largest absolute Gasteiger partial charge is 0.355 e. The Morgan fingerprint density at radius 3 is 2.66 bits per heavy atom. The summed E-state index contributed by atoms with van der Waals surface area (Å²) in [7, 11) is 0. The first kappa shape index (κ1) is 20.9. The first-order valence-electron chi connectivity index (χ1n) is 11.5. The van der Waals surface area contributed by atoms with Gasteiger partial charge < -0.3 is 15.1 Å². The second-order valence-corrected chi connectivity index (χ2v) is 9.44. The smallest absolute Gasteiger partial charge is 0.253 e. The summed E-state index contributed by atoms with van der Waals surface area (Å²) in [6.45, 7) is 3.16. The molecule has 0 bridgehead atoms. The topological polar surface area (TPSA) is 65.5 Å². The molecule has 6 nitrogen and oxygen atoms in total. The van der Waals surface area contributed by atoms with Crippen molar-refractivity contribution >= 4 is 17.6 Å². The molecule has 3 aliphatic rings. The Balaban J connectivity index is 1.40. The molecule has 0 unspecified atom stereocenters. The second kappa shape index (κ2) is 8.52. The van der Waals surface area contributed by atoms with Crippen LogP contribution in [0.5, 0.6) is 0 Å². The molecule has 1 saturated carbocycles. The van der Waals surface area contributed by atoms with Crippen molar-refractivity contribution in [3.63, 3.8) is 0 Å². The molecule has 1 aromatic heterocycles. The van der Waals surface area contributed by atoms with E-state index < -0.39 is 5.41 Å². The summed E-state index contributed by atoms with van der Waals surface area (Å²) in [5, 5.41) is 3.23. The number of nitrogens with one attached hydrogen (secondary N) is 1. The van der Waals surface area contributed by atoms with E-state index in [4.69, 9.17) is 0 Å². The molecule has 3 heterocycles. The Kier molecular flexibility index (Phi) is 5.57. The molecule has 2 aliphatic heterocycles. The highest BCUT2D eigenvalue weighted by Crippen LogP contribution is 2.44. The number of fused-ring (bicyclic) bond motifs is 1. The molecule has 32 heavy (non-hydrogen) atoms. The summed E-state index contributed by atoms with van der Waals surface area (Å²) < 4.78 is 13.3. The number of benzene rings is 1. The molecule has 7 heteroatoms. The van der Waals surface area contributed by atoms with Gasteiger partial charge in [-0.3, -0.25) is 9.59 Å². The van der Waals surface area contributed by atoms with Gasteiger partial charge in [0.05, 0.1) is 5.41 Å². The Labute approximate surface area is 187 Å². The number of hydrogen-bond donors (Lipinski definition) is 1. The number of halogens is 1. The van der Waals surface area contributed by atoms with E-state index in [2.05, 4.69) is 15.2 Å². The van der Waals surface area contributed by atoms with Crippen LogP contribution in [-0.2, 0) is 4.79 Å². The summed E-state index contributed by atoms with van der Waals surface area (Å²) >= 11 is 0. The van der Waals surface area contributed by atoms with E-state index in [0.717, 1.165) is 25.2 Å². The number of carbonyl (C=O) groups excluding carboxylic acids is 2. The fourth-order valence-corrected chi connectivity index (χ4v) is 5.21. The van der Waals surface area contributed by atoms with E-state index in [1.807, 2.05) is 23.1 Å². The number of aromatic nitrogens is 1. The molecular weight excluding hydrogens is 407 g/mol. The Hall–Kier alpha value is -2.96. The molecule has 168 valence electrons. The molecule has 3 fully saturated rings. The lowest BCUT2D eigenvalue weighted by Gasteiger charge is -2.32. The Morgan fingerprint density at radius 2 is 1.94 bits per heavy atom. The molecular formula is C25H29FN4O2. The SMILES string of the molecule is O=C(c1ccc(F)cc1)N1CCC[C@]2(C(=O)NCC3CC3)CN(c3ccccn3)C[C@@H]2C1. The highest BCUT2D eigenvalue weighted by Gasteiger charge is 2.53. The van der Waals surface area contributed by atoms with E-state index in [-0.39, 0.29) is 23.5 Å². The molecule has 2 aromatic rings. The normalized spacial score (nSPS) is 25.2. The van der Waals surface area contributed by atoms with Crippen LogP contribution in [0.2, 0.25) is 0 Å². The fourth-order valence-electron chi connectivity index (χ4n) is 5.21. The molecule has 1 aliphatic carbocycles. The van der Waals surface area contributed by atoms with Gasteiger partial charge in [-0.15, -0.1) is 0 Å². The predicted molar refractivity (Wildman–Crippen MR) is 120 cm³/mol. The molecule has 0 radical (unpaired) electrons. The van der Waals surface area contributed by atoms with Crippen molar-refractivity contribution in [3.05, 3.63) is 60.0 Å². The first-order valence-corrected chi connectivity index (χ1v) is 11.5. The standard InChI is InChI=1S/C25H29FN4O2/c26-21-9-7-19(8-10-21)23(31)29-13-3-11-25(24(32)28-14-18-5-6-18)17-30(16-20(25)15-29)22-4-1-2-12-27-22/h1-2,4,7-10,12,18,20H,3,5-6,11,13-17H2,(H,28,32)/t20-,25-/m0/s1. The molecule has 1 N–H and O–H groups in total. The van der Waals surface area contributed by atoms with Crippen LogP contribution >= 0.6 is 0 Å². The number of anilines is 1. The fraction of sp³-hybridized carbons (Fsp3) is 0.480. The van der Waals surface area contributed by atoms with Crippen molar-refractivity contribution in [2.45, 2.75) is 25.7 Å². The zero-order valence-electron chi connectivity index (χ0n) is 18.2. The lowest BCUT2D eigenvalue weighted by Crippen LogP contribution is -2.48. The van der Waals surface area contributed by atoms with Gasteiger partial charge in [-0.25, -0.2) is 9.37 Å². The van der Waals surface area contributed by atoms with Crippen molar-refractivity contribution < 1.29 is 14.0 Å². The second-order valence-electron chi connectivity index (χ2n) is 9.44. The van der Waals surface area contributed by atoms with Gasteiger partial charge >= 0.3 is 0 Å². The predicted octanol–water partition coefficient (Wildman–Crippen LogP) is 3.11. The molecule has 2 amide bonds. The maximum atomic E-state index is 13.5. The highest BCUT2D eigenvalue weighted by molar-refractivity contribution is 5.94. The summed E-state index contributed by atoms with van der Waals surface area (Å²) in [5.41, 5.74) is -0.0544. The molecule has 2 atom stereocenters. The van der Waals surface area contributed by atoms with Crippen LogP contribution in [0, 0.1) is 23.1 Å². The van der Waals surface area contributed by atoms with Crippen LogP contribution in [-0.4, -0.2) is 54.4 Å². The van der Waals surface area contributed by atoms with E-state index in [0.29, 0.717) is 37.7 Å². The molecule has 1 aromatic carbocycles. The third-order valence-electron chi connectivity index (χ3n) is 7.24. The van der Waals surface area contributed by atoms with Gasteiger partial charge in [-0.2, -0.15) is 0 Å². The van der Waals surface area contributed by atoms with Crippen LogP contribution in [0.15, 0.2) is 48.7 Å². The maximum absolute atomic E-state index is 13.5. The quantitative estimate of drug-likeness (QED) is 0.782. The third-order valence-corrected chi connectivity index (χ3v) is 7.24. The Morgan fingerprint density at radius 1 is 1.12 bits per heavy atom. The van der Waals surface area contributed by atoms with Gasteiger partial charge in [0.2, 0.25) is 5.91 Å². The molecule has 0 spiro atoms. The minimum Gasteiger partial charge on any atom is -0.355 e. The minimum absolute atomic E-state index is 0.00982. The number of likely N-dealkylation sites (tertiary alicyclic amines) is 1. The van der Waals surface area contributed by atoms with Gasteiger partial charge in [0.15, 0.2) is 0 Å². The minimum atomic E-state index is -0.537. The maximum Gasteiger partial charge on any atom is 0.253 e. The van der Waals surface area contributed by atoms with Crippen molar-refractivity contribution in [3.8, 4) is 0 Å². The average Bonchev–Trinajstić information content (AvgIpc) is 3.61. The van der Waals surface area contributed by atoms with Crippen LogP contribution in [0.1, 0.15) is 36.0 Å². The number of pyridine rings is 1. The molecule has 2 saturated heterocycles. The van der Waals surface area contributed by atoms with Crippen LogP contribution in [0.4, 0.5) is 10.2 Å². The van der Waals surface area contributed by atoms with Crippen LogP contribution in [0.25, 0.3) is 0 Å². The monoisotopic (exact) mass is 436 g/mol. The Bertz CT molecular complexity index is 979. The van der Waals surface area contributed by atoms with Gasteiger partial charge in [0.1, 0.15) is 11.6 Å². The third kappa shape index (κ3) is 4.08. The number of hydrogen-bond acceptors (Lipinski definition) is 4. The van der Waals surface area contributed by atoms with E-state index in [1.54, 1.807) is 6.20 Å². The summed E-state index contributed by atoms with van der Waals surface area (Å²) in [5.74, 6) is 1.15. The number of amides is 2. The van der Waals surface area contributed by atoms with Crippen molar-refractivity contribution in [1.82, 2.24) is 15.2 Å². The summed E-state index contributed by atoms with van der Waals surface area (Å²) in [4.78, 5) is 35.3. The highest BCUT2D eigenvalue weighted by atomic mass is 19.1. The lowest BCUT2D eigenvalue weighted by atomic mass is 9.74. The average molecular weight is 437 g/mol. The van der Waals surface area contributed by atoms with E-state index in [1.165, 1.54) is 37.1 Å². The van der Waals surface area contributed by atoms with Crippen molar-refractivity contribution in [1.29, 1.82) is 0 Å². The van der Waals surface area contributed by atoms with Gasteiger partial charge in [-0.1, -0.05) is 6.07 Å². The van der Waals surface area contributed by atoms with Crippen molar-refractivity contribution in [2.75, 3.05) is 37.6 Å². The van der Waals surface area contributed by atoms with Crippen molar-refractivity contribution in [2.24, 2.45) is 17.3 Å². The lowest BCUT2D eigenvalue weighted by molar-refractivity contribution is -0.132. The van der Waals surface area contributed by atoms with E-state index >= 15 is 0 Å². The first-order chi connectivity index (χ1) is 15.5. The van der Waals surface area contributed by atoms with Crippen LogP contribution in [0.3, 0.4) is 0 Å². The summed E-state index contributed by atoms with van der Waals surface area (Å²) in [6, 6.07) is 11.5. The van der Waals surface area contributed by atoms with E-state index in [9.17, 15) is 14.0 Å². The number of carbonyl (C=O) groups is 2. The number of nitrogens with zero attached hydrogens (tertiary/aromatic N) is 3. The number of rotatable bonds is 5. The van der Waals surface area contributed by atoms with Gasteiger partial charge in [0, 0.05) is 50.4 Å². The van der Waals surface area contributed by atoms with Gasteiger partial charge in [0.25, 0.3) is 5.91 Å². The van der Waals surface area contributed by atoms with Gasteiger partial charge in [-0.05, 0) is 68.0 Å². The zero-order valence-corrected chi connectivity index (χ0v) is 18.2. The summed E-state index contributed by atoms with van der Waals surface area (Å²) in [6.07, 6.45) is 5.65. The zero-order chi connectivity index (χ0) is 22.1. The van der Waals surface area contributed by atoms with Crippen LogP contribution < -0.4 is 10.2 Å². The molecule has 5 rings (SSSR count).